The Morgan fingerprint density at radius 2 is 1.86 bits per heavy atom. The Kier molecular flexibility index (Phi) is 8.64. The van der Waals surface area contributed by atoms with Crippen molar-refractivity contribution in [2.24, 2.45) is 0 Å². The highest BCUT2D eigenvalue weighted by Gasteiger charge is 2.16. The van der Waals surface area contributed by atoms with E-state index < -0.39 is 12.1 Å². The Balaban J connectivity index is 3.57. The standard InChI is InChI=1S/C11H22O3/c1-3-5-7-9-14-10(11(12)13)8-6-4-2/h10H,3-9H2,1-2H3,(H,12,13). The molecule has 0 aromatic heterocycles. The molecule has 0 aromatic carbocycles. The van der Waals surface area contributed by atoms with E-state index in [9.17, 15) is 4.79 Å². The molecule has 0 fully saturated rings. The molecule has 1 atom stereocenters. The van der Waals surface area contributed by atoms with Crippen LogP contribution in [0.2, 0.25) is 0 Å². The van der Waals surface area contributed by atoms with Gasteiger partial charge in [0.2, 0.25) is 0 Å². The summed E-state index contributed by atoms with van der Waals surface area (Å²) in [6, 6.07) is 0. The van der Waals surface area contributed by atoms with Gasteiger partial charge in [-0.25, -0.2) is 4.79 Å². The van der Waals surface area contributed by atoms with Crippen molar-refractivity contribution < 1.29 is 14.6 Å². The summed E-state index contributed by atoms with van der Waals surface area (Å²) in [6.07, 6.45) is 5.19. The van der Waals surface area contributed by atoms with E-state index in [0.717, 1.165) is 32.1 Å². The minimum atomic E-state index is -0.824. The predicted molar refractivity (Wildman–Crippen MR) is 56.4 cm³/mol. The SMILES string of the molecule is CCCCCOC(CCCC)C(=O)O. The molecule has 0 aliphatic carbocycles. The third-order valence-electron chi connectivity index (χ3n) is 2.16. The van der Waals surface area contributed by atoms with Crippen molar-refractivity contribution in [3.8, 4) is 0 Å². The second kappa shape index (κ2) is 9.00. The van der Waals surface area contributed by atoms with Crippen molar-refractivity contribution in [1.82, 2.24) is 0 Å². The van der Waals surface area contributed by atoms with Crippen LogP contribution in [0.1, 0.15) is 52.4 Å². The molecule has 0 aliphatic heterocycles. The summed E-state index contributed by atoms with van der Waals surface area (Å²) >= 11 is 0. The van der Waals surface area contributed by atoms with Crippen LogP contribution in [0.5, 0.6) is 0 Å². The number of rotatable bonds is 9. The molecule has 0 saturated heterocycles. The van der Waals surface area contributed by atoms with E-state index in [1.54, 1.807) is 0 Å². The lowest BCUT2D eigenvalue weighted by atomic mass is 10.1. The van der Waals surface area contributed by atoms with Crippen LogP contribution in [0.25, 0.3) is 0 Å². The molecule has 0 aromatic rings. The molecule has 0 saturated carbocycles. The van der Waals surface area contributed by atoms with Gasteiger partial charge in [-0.15, -0.1) is 0 Å². The number of unbranched alkanes of at least 4 members (excludes halogenated alkanes) is 3. The summed E-state index contributed by atoms with van der Waals surface area (Å²) in [6.45, 7) is 4.75. The van der Waals surface area contributed by atoms with Gasteiger partial charge in [0.25, 0.3) is 0 Å². The lowest BCUT2D eigenvalue weighted by Crippen LogP contribution is -2.24. The molecule has 1 unspecified atom stereocenters. The molecular weight excluding hydrogens is 180 g/mol. The van der Waals surface area contributed by atoms with Crippen LogP contribution >= 0.6 is 0 Å². The van der Waals surface area contributed by atoms with Crippen molar-refractivity contribution >= 4 is 5.97 Å². The van der Waals surface area contributed by atoms with Gasteiger partial charge in [0, 0.05) is 6.61 Å². The topological polar surface area (TPSA) is 46.5 Å². The van der Waals surface area contributed by atoms with Crippen molar-refractivity contribution in [2.75, 3.05) is 6.61 Å². The Hall–Kier alpha value is -0.570. The molecule has 3 nitrogen and oxygen atoms in total. The summed E-state index contributed by atoms with van der Waals surface area (Å²) in [5.41, 5.74) is 0. The highest BCUT2D eigenvalue weighted by Crippen LogP contribution is 2.06. The highest BCUT2D eigenvalue weighted by atomic mass is 16.5. The number of hydrogen-bond donors (Lipinski definition) is 1. The number of ether oxygens (including phenoxy) is 1. The summed E-state index contributed by atoms with van der Waals surface area (Å²) in [5, 5.41) is 8.83. The van der Waals surface area contributed by atoms with E-state index in [1.165, 1.54) is 0 Å². The molecule has 84 valence electrons. The van der Waals surface area contributed by atoms with Crippen molar-refractivity contribution in [3.05, 3.63) is 0 Å². The Labute approximate surface area is 86.5 Å². The molecular formula is C11H22O3. The number of carbonyl (C=O) groups is 1. The number of carboxylic acids is 1. The number of aliphatic carboxylic acids is 1. The van der Waals surface area contributed by atoms with Crippen molar-refractivity contribution in [3.63, 3.8) is 0 Å². The van der Waals surface area contributed by atoms with Crippen LogP contribution in [-0.4, -0.2) is 23.8 Å². The molecule has 3 heteroatoms. The Morgan fingerprint density at radius 3 is 2.36 bits per heavy atom. The van der Waals surface area contributed by atoms with Crippen LogP contribution in [-0.2, 0) is 9.53 Å². The fraction of sp³-hybridized carbons (Fsp3) is 0.909. The maximum atomic E-state index is 10.7. The van der Waals surface area contributed by atoms with Gasteiger partial charge in [-0.3, -0.25) is 0 Å². The Morgan fingerprint density at radius 1 is 1.21 bits per heavy atom. The normalized spacial score (nSPS) is 12.7. The molecule has 0 amide bonds. The lowest BCUT2D eigenvalue weighted by Gasteiger charge is -2.12. The Bertz CT molecular complexity index is 145. The van der Waals surface area contributed by atoms with Crippen LogP contribution in [0.4, 0.5) is 0 Å². The van der Waals surface area contributed by atoms with Gasteiger partial charge in [-0.1, -0.05) is 39.5 Å². The molecule has 0 bridgehead atoms. The number of carboxylic acid groups (broad SMARTS) is 1. The van der Waals surface area contributed by atoms with Gasteiger partial charge in [0.15, 0.2) is 6.10 Å². The third-order valence-corrected chi connectivity index (χ3v) is 2.16. The van der Waals surface area contributed by atoms with Gasteiger partial charge < -0.3 is 9.84 Å². The summed E-state index contributed by atoms with van der Waals surface area (Å²) < 4.78 is 5.31. The average Bonchev–Trinajstić information content (AvgIpc) is 2.16. The largest absolute Gasteiger partial charge is 0.479 e. The van der Waals surface area contributed by atoms with E-state index in [2.05, 4.69) is 13.8 Å². The zero-order valence-electron chi connectivity index (χ0n) is 9.29. The first-order chi connectivity index (χ1) is 6.72. The summed E-state index contributed by atoms with van der Waals surface area (Å²) in [7, 11) is 0. The zero-order valence-corrected chi connectivity index (χ0v) is 9.29. The molecule has 0 aliphatic rings. The lowest BCUT2D eigenvalue weighted by molar-refractivity contribution is -0.151. The van der Waals surface area contributed by atoms with E-state index >= 15 is 0 Å². The van der Waals surface area contributed by atoms with Gasteiger partial charge in [0.1, 0.15) is 0 Å². The summed E-state index contributed by atoms with van der Waals surface area (Å²) in [4.78, 5) is 10.7. The fourth-order valence-electron chi connectivity index (χ4n) is 1.25. The quantitative estimate of drug-likeness (QED) is 0.585. The van der Waals surface area contributed by atoms with Gasteiger partial charge in [0.05, 0.1) is 0 Å². The smallest absolute Gasteiger partial charge is 0.332 e. The van der Waals surface area contributed by atoms with Gasteiger partial charge >= 0.3 is 5.97 Å². The third kappa shape index (κ3) is 6.89. The van der Waals surface area contributed by atoms with Gasteiger partial charge in [-0.2, -0.15) is 0 Å². The molecule has 0 spiro atoms. The fourth-order valence-corrected chi connectivity index (χ4v) is 1.25. The maximum Gasteiger partial charge on any atom is 0.332 e. The van der Waals surface area contributed by atoms with E-state index in [0.29, 0.717) is 13.0 Å². The van der Waals surface area contributed by atoms with Crippen molar-refractivity contribution in [1.29, 1.82) is 0 Å². The molecule has 0 radical (unpaired) electrons. The van der Waals surface area contributed by atoms with Crippen LogP contribution < -0.4 is 0 Å². The van der Waals surface area contributed by atoms with Crippen molar-refractivity contribution in [2.45, 2.75) is 58.5 Å². The maximum absolute atomic E-state index is 10.7. The monoisotopic (exact) mass is 202 g/mol. The first-order valence-corrected chi connectivity index (χ1v) is 5.56. The number of hydrogen-bond acceptors (Lipinski definition) is 2. The highest BCUT2D eigenvalue weighted by molar-refractivity contribution is 5.72. The summed E-state index contributed by atoms with van der Waals surface area (Å²) in [5.74, 6) is -0.824. The predicted octanol–water partition coefficient (Wildman–Crippen LogP) is 2.84. The molecule has 1 N–H and O–H groups in total. The minimum absolute atomic E-state index is 0.578. The first kappa shape index (κ1) is 13.4. The first-order valence-electron chi connectivity index (χ1n) is 5.56. The zero-order chi connectivity index (χ0) is 10.8. The molecule has 0 rings (SSSR count). The van der Waals surface area contributed by atoms with Crippen LogP contribution in [0, 0.1) is 0 Å². The van der Waals surface area contributed by atoms with Gasteiger partial charge in [-0.05, 0) is 12.8 Å². The average molecular weight is 202 g/mol. The second-order valence-electron chi connectivity index (χ2n) is 3.55. The second-order valence-corrected chi connectivity index (χ2v) is 3.55. The molecule has 14 heavy (non-hydrogen) atoms. The van der Waals surface area contributed by atoms with Crippen LogP contribution in [0.15, 0.2) is 0 Å². The van der Waals surface area contributed by atoms with E-state index in [4.69, 9.17) is 9.84 Å². The minimum Gasteiger partial charge on any atom is -0.479 e. The van der Waals surface area contributed by atoms with Crippen LogP contribution in [0.3, 0.4) is 0 Å². The van der Waals surface area contributed by atoms with E-state index in [-0.39, 0.29) is 0 Å². The van der Waals surface area contributed by atoms with E-state index in [1.807, 2.05) is 0 Å². The molecule has 0 heterocycles.